The van der Waals surface area contributed by atoms with Crippen LogP contribution in [-0.2, 0) is 9.47 Å². The molecule has 0 N–H and O–H groups in total. The maximum atomic E-state index is 5.83. The monoisotopic (exact) mass is 382 g/mol. The van der Waals surface area contributed by atoms with E-state index in [0.717, 1.165) is 26.1 Å². The Morgan fingerprint density at radius 3 is 1.48 bits per heavy atom. The highest BCUT2D eigenvalue weighted by Crippen LogP contribution is 2.10. The average molecular weight is 383 g/mol. The van der Waals surface area contributed by atoms with E-state index < -0.39 is 0 Å². The standard InChI is InChI=1S/C25H50O2/c1-4-7-9-10-11-12-13-14-15-16-17-18-19-20-21-22-24-27-25(6-3)26-23-8-5-2/h14-15,25H,4-13,16-24H2,1-3H3/b15-14-. The third-order valence-electron chi connectivity index (χ3n) is 5.09. The van der Waals surface area contributed by atoms with Crippen LogP contribution in [0, 0.1) is 0 Å². The molecule has 0 aromatic heterocycles. The van der Waals surface area contributed by atoms with Gasteiger partial charge in [0.05, 0.1) is 0 Å². The Balaban J connectivity index is 3.22. The molecule has 1 atom stereocenters. The summed E-state index contributed by atoms with van der Waals surface area (Å²) in [6.45, 7) is 8.30. The summed E-state index contributed by atoms with van der Waals surface area (Å²) in [6, 6.07) is 0. The lowest BCUT2D eigenvalue weighted by Gasteiger charge is -2.16. The van der Waals surface area contributed by atoms with Gasteiger partial charge in [0.15, 0.2) is 6.29 Å². The molecule has 0 aliphatic heterocycles. The van der Waals surface area contributed by atoms with Gasteiger partial charge in [0.2, 0.25) is 0 Å². The van der Waals surface area contributed by atoms with Gasteiger partial charge in [-0.1, -0.05) is 97.1 Å². The Bertz CT molecular complexity index is 288. The minimum absolute atomic E-state index is 0.0136. The second kappa shape index (κ2) is 23.7. The average Bonchev–Trinajstić information content (AvgIpc) is 2.69. The highest BCUT2D eigenvalue weighted by atomic mass is 16.7. The second-order valence-electron chi connectivity index (χ2n) is 7.87. The summed E-state index contributed by atoms with van der Waals surface area (Å²) >= 11 is 0. The SMILES string of the molecule is CCCCCCCC/C=C\CCCCCCCCOC(CC)OCCCC. The molecular formula is C25H50O2. The van der Waals surface area contributed by atoms with Crippen molar-refractivity contribution in [3.63, 3.8) is 0 Å². The molecule has 0 fully saturated rings. The summed E-state index contributed by atoms with van der Waals surface area (Å²) in [6.07, 6.45) is 27.0. The highest BCUT2D eigenvalue weighted by Gasteiger charge is 2.05. The largest absolute Gasteiger partial charge is 0.353 e. The van der Waals surface area contributed by atoms with Crippen molar-refractivity contribution in [1.29, 1.82) is 0 Å². The zero-order chi connectivity index (χ0) is 19.8. The molecule has 162 valence electrons. The predicted molar refractivity (Wildman–Crippen MR) is 120 cm³/mol. The molecule has 0 aromatic carbocycles. The van der Waals surface area contributed by atoms with Crippen LogP contribution in [0.25, 0.3) is 0 Å². The van der Waals surface area contributed by atoms with Crippen LogP contribution >= 0.6 is 0 Å². The van der Waals surface area contributed by atoms with Crippen molar-refractivity contribution in [3.05, 3.63) is 12.2 Å². The van der Waals surface area contributed by atoms with E-state index >= 15 is 0 Å². The van der Waals surface area contributed by atoms with Crippen molar-refractivity contribution in [3.8, 4) is 0 Å². The molecule has 0 amide bonds. The zero-order valence-corrected chi connectivity index (χ0v) is 19.0. The maximum Gasteiger partial charge on any atom is 0.157 e. The first-order chi connectivity index (χ1) is 13.3. The van der Waals surface area contributed by atoms with E-state index in [1.54, 1.807) is 0 Å². The van der Waals surface area contributed by atoms with Gasteiger partial charge in [-0.05, 0) is 44.9 Å². The minimum Gasteiger partial charge on any atom is -0.353 e. The molecule has 0 bridgehead atoms. The molecule has 0 saturated carbocycles. The van der Waals surface area contributed by atoms with Gasteiger partial charge in [-0.3, -0.25) is 0 Å². The lowest BCUT2D eigenvalue weighted by molar-refractivity contribution is -0.144. The van der Waals surface area contributed by atoms with Gasteiger partial charge in [0, 0.05) is 13.2 Å². The quantitative estimate of drug-likeness (QED) is 0.106. The summed E-state index contributed by atoms with van der Waals surface area (Å²) in [7, 11) is 0. The summed E-state index contributed by atoms with van der Waals surface area (Å²) in [5, 5.41) is 0. The Labute approximate surface area is 171 Å². The Morgan fingerprint density at radius 1 is 0.519 bits per heavy atom. The van der Waals surface area contributed by atoms with Crippen molar-refractivity contribution in [2.24, 2.45) is 0 Å². The van der Waals surface area contributed by atoms with Crippen LogP contribution in [0.4, 0.5) is 0 Å². The fraction of sp³-hybridized carbons (Fsp3) is 0.920. The molecule has 0 heterocycles. The van der Waals surface area contributed by atoms with Crippen molar-refractivity contribution >= 4 is 0 Å². The topological polar surface area (TPSA) is 18.5 Å². The van der Waals surface area contributed by atoms with Gasteiger partial charge in [0.1, 0.15) is 0 Å². The van der Waals surface area contributed by atoms with Crippen molar-refractivity contribution in [1.82, 2.24) is 0 Å². The number of rotatable bonds is 22. The van der Waals surface area contributed by atoms with Gasteiger partial charge in [-0.25, -0.2) is 0 Å². The molecule has 0 rings (SSSR count). The third kappa shape index (κ3) is 21.8. The fourth-order valence-electron chi connectivity index (χ4n) is 3.21. The van der Waals surface area contributed by atoms with Gasteiger partial charge in [-0.15, -0.1) is 0 Å². The van der Waals surface area contributed by atoms with Crippen LogP contribution in [0.5, 0.6) is 0 Å². The van der Waals surface area contributed by atoms with E-state index in [1.165, 1.54) is 96.3 Å². The van der Waals surface area contributed by atoms with Crippen LogP contribution in [0.3, 0.4) is 0 Å². The van der Waals surface area contributed by atoms with Crippen molar-refractivity contribution < 1.29 is 9.47 Å². The molecule has 1 unspecified atom stereocenters. The number of hydrogen-bond acceptors (Lipinski definition) is 2. The highest BCUT2D eigenvalue weighted by molar-refractivity contribution is 4.81. The normalized spacial score (nSPS) is 12.9. The molecule has 2 heteroatoms. The molecule has 0 saturated heterocycles. The first-order valence-electron chi connectivity index (χ1n) is 12.2. The van der Waals surface area contributed by atoms with Crippen LogP contribution in [-0.4, -0.2) is 19.5 Å². The number of hydrogen-bond donors (Lipinski definition) is 0. The Hall–Kier alpha value is -0.340. The van der Waals surface area contributed by atoms with Crippen LogP contribution in [0.1, 0.15) is 130 Å². The molecule has 27 heavy (non-hydrogen) atoms. The summed E-state index contributed by atoms with van der Waals surface area (Å²) in [5.41, 5.74) is 0. The van der Waals surface area contributed by atoms with Gasteiger partial charge < -0.3 is 9.47 Å². The third-order valence-corrected chi connectivity index (χ3v) is 5.09. The molecule has 0 aromatic rings. The molecule has 0 aliphatic rings. The number of unbranched alkanes of at least 4 members (excludes halogenated alkanes) is 13. The van der Waals surface area contributed by atoms with Gasteiger partial charge in [-0.2, -0.15) is 0 Å². The first kappa shape index (κ1) is 26.7. The van der Waals surface area contributed by atoms with Crippen molar-refractivity contribution in [2.75, 3.05) is 13.2 Å². The lowest BCUT2D eigenvalue weighted by Crippen LogP contribution is -2.17. The van der Waals surface area contributed by atoms with E-state index in [1.807, 2.05) is 0 Å². The van der Waals surface area contributed by atoms with E-state index in [9.17, 15) is 0 Å². The molecule has 0 aliphatic carbocycles. The van der Waals surface area contributed by atoms with E-state index in [2.05, 4.69) is 32.9 Å². The fourth-order valence-corrected chi connectivity index (χ4v) is 3.21. The lowest BCUT2D eigenvalue weighted by atomic mass is 10.1. The van der Waals surface area contributed by atoms with Crippen LogP contribution in [0.15, 0.2) is 12.2 Å². The second-order valence-corrected chi connectivity index (χ2v) is 7.87. The summed E-state index contributed by atoms with van der Waals surface area (Å²) < 4.78 is 11.6. The molecule has 2 nitrogen and oxygen atoms in total. The predicted octanol–water partition coefficient (Wildman–Crippen LogP) is 8.59. The molecule has 0 radical (unpaired) electrons. The Morgan fingerprint density at radius 2 is 0.963 bits per heavy atom. The number of ether oxygens (including phenoxy) is 2. The molecule has 0 spiro atoms. The number of allylic oxidation sites excluding steroid dienone is 2. The zero-order valence-electron chi connectivity index (χ0n) is 19.0. The van der Waals surface area contributed by atoms with Crippen LogP contribution in [0.2, 0.25) is 0 Å². The maximum absolute atomic E-state index is 5.83. The first-order valence-corrected chi connectivity index (χ1v) is 12.2. The van der Waals surface area contributed by atoms with Gasteiger partial charge in [0.25, 0.3) is 0 Å². The summed E-state index contributed by atoms with van der Waals surface area (Å²) in [4.78, 5) is 0. The van der Waals surface area contributed by atoms with Crippen molar-refractivity contribution in [2.45, 2.75) is 136 Å². The van der Waals surface area contributed by atoms with E-state index in [4.69, 9.17) is 9.47 Å². The van der Waals surface area contributed by atoms with E-state index in [-0.39, 0.29) is 6.29 Å². The Kier molecular flexibility index (Phi) is 23.4. The van der Waals surface area contributed by atoms with Crippen LogP contribution < -0.4 is 0 Å². The van der Waals surface area contributed by atoms with Gasteiger partial charge >= 0.3 is 0 Å². The molecular weight excluding hydrogens is 332 g/mol. The van der Waals surface area contributed by atoms with E-state index in [0.29, 0.717) is 0 Å². The smallest absolute Gasteiger partial charge is 0.157 e. The summed E-state index contributed by atoms with van der Waals surface area (Å²) in [5.74, 6) is 0. The minimum atomic E-state index is 0.0136.